The van der Waals surface area contributed by atoms with E-state index in [1.165, 1.54) is 5.56 Å². The van der Waals surface area contributed by atoms with Gasteiger partial charge in [-0.1, -0.05) is 51.1 Å². The molecule has 0 saturated carbocycles. The van der Waals surface area contributed by atoms with Crippen molar-refractivity contribution in [2.75, 3.05) is 0 Å². The Morgan fingerprint density at radius 1 is 1.21 bits per heavy atom. The largest absolute Gasteiger partial charge is 0.483 e. The molecule has 0 amide bonds. The molecule has 0 saturated heterocycles. The van der Waals surface area contributed by atoms with E-state index in [1.807, 2.05) is 25.1 Å². The minimum Gasteiger partial charge on any atom is -0.483 e. The molecule has 4 nitrogen and oxygen atoms in total. The van der Waals surface area contributed by atoms with E-state index in [9.17, 15) is 0 Å². The average molecular weight is 260 g/mol. The van der Waals surface area contributed by atoms with Gasteiger partial charge < -0.3 is 9.26 Å². The lowest BCUT2D eigenvalue weighted by atomic mass is 9.86. The molecule has 0 aliphatic rings. The number of hydrogen-bond donors (Lipinski definition) is 0. The quantitative estimate of drug-likeness (QED) is 0.844. The van der Waals surface area contributed by atoms with Crippen LogP contribution in [0.25, 0.3) is 0 Å². The zero-order valence-electron chi connectivity index (χ0n) is 11.9. The van der Waals surface area contributed by atoms with E-state index in [4.69, 9.17) is 9.26 Å². The molecule has 0 unspecified atom stereocenters. The highest BCUT2D eigenvalue weighted by Crippen LogP contribution is 2.31. The molecular formula is C15H20N2O2. The summed E-state index contributed by atoms with van der Waals surface area (Å²) >= 11 is 0. The molecule has 0 aliphatic heterocycles. The molecule has 1 heterocycles. The Labute approximate surface area is 113 Å². The van der Waals surface area contributed by atoms with Crippen LogP contribution in [0, 0.1) is 0 Å². The topological polar surface area (TPSA) is 48.2 Å². The lowest BCUT2D eigenvalue weighted by Crippen LogP contribution is -2.13. The molecule has 0 radical (unpaired) electrons. The molecule has 102 valence electrons. The van der Waals surface area contributed by atoms with Crippen molar-refractivity contribution < 1.29 is 9.26 Å². The van der Waals surface area contributed by atoms with Gasteiger partial charge in [0.25, 0.3) is 5.89 Å². The normalized spacial score (nSPS) is 11.6. The van der Waals surface area contributed by atoms with Crippen LogP contribution in [0.2, 0.25) is 0 Å². The molecule has 1 aromatic heterocycles. The fourth-order valence-electron chi connectivity index (χ4n) is 1.84. The summed E-state index contributed by atoms with van der Waals surface area (Å²) in [4.78, 5) is 4.23. The molecule has 1 aromatic carbocycles. The van der Waals surface area contributed by atoms with Crippen molar-refractivity contribution in [1.29, 1.82) is 0 Å². The molecule has 19 heavy (non-hydrogen) atoms. The Morgan fingerprint density at radius 2 is 1.95 bits per heavy atom. The van der Waals surface area contributed by atoms with Crippen LogP contribution in [0.15, 0.2) is 28.8 Å². The van der Waals surface area contributed by atoms with Crippen LogP contribution in [0.3, 0.4) is 0 Å². The zero-order valence-corrected chi connectivity index (χ0v) is 11.9. The van der Waals surface area contributed by atoms with Crippen molar-refractivity contribution >= 4 is 0 Å². The molecule has 4 heteroatoms. The SMILES string of the molecule is CCc1noc(COc2ccccc2C(C)(C)C)n1. The Kier molecular flexibility index (Phi) is 3.88. The van der Waals surface area contributed by atoms with Gasteiger partial charge in [0.1, 0.15) is 5.75 Å². The fourth-order valence-corrected chi connectivity index (χ4v) is 1.84. The smallest absolute Gasteiger partial charge is 0.264 e. The third-order valence-electron chi connectivity index (χ3n) is 2.87. The second kappa shape index (κ2) is 5.43. The van der Waals surface area contributed by atoms with Crippen LogP contribution >= 0.6 is 0 Å². The second-order valence-corrected chi connectivity index (χ2v) is 5.49. The molecule has 0 aliphatic carbocycles. The maximum absolute atomic E-state index is 5.81. The van der Waals surface area contributed by atoms with Gasteiger partial charge in [0.15, 0.2) is 12.4 Å². The van der Waals surface area contributed by atoms with Crippen molar-refractivity contribution in [3.8, 4) is 5.75 Å². The highest BCUT2D eigenvalue weighted by Gasteiger charge is 2.18. The number of hydrogen-bond acceptors (Lipinski definition) is 4. The van der Waals surface area contributed by atoms with Gasteiger partial charge >= 0.3 is 0 Å². The molecule has 2 aromatic rings. The van der Waals surface area contributed by atoms with Gasteiger partial charge in [-0.05, 0) is 17.0 Å². The molecular weight excluding hydrogens is 240 g/mol. The number of aromatic nitrogens is 2. The van der Waals surface area contributed by atoms with Gasteiger partial charge in [0.2, 0.25) is 0 Å². The Bertz CT molecular complexity index is 541. The van der Waals surface area contributed by atoms with Crippen molar-refractivity contribution in [3.63, 3.8) is 0 Å². The number of nitrogens with zero attached hydrogens (tertiary/aromatic N) is 2. The van der Waals surface area contributed by atoms with E-state index in [2.05, 4.69) is 37.0 Å². The zero-order chi connectivity index (χ0) is 13.9. The van der Waals surface area contributed by atoms with E-state index >= 15 is 0 Å². The third kappa shape index (κ3) is 3.34. The lowest BCUT2D eigenvalue weighted by molar-refractivity contribution is 0.238. The molecule has 2 rings (SSSR count). The summed E-state index contributed by atoms with van der Waals surface area (Å²) in [5.74, 6) is 2.09. The monoisotopic (exact) mass is 260 g/mol. The van der Waals surface area contributed by atoms with Crippen LogP contribution in [0.1, 0.15) is 45.0 Å². The van der Waals surface area contributed by atoms with Gasteiger partial charge in [-0.15, -0.1) is 0 Å². The molecule has 0 bridgehead atoms. The average Bonchev–Trinajstić information content (AvgIpc) is 2.83. The first-order valence-corrected chi connectivity index (χ1v) is 6.54. The van der Waals surface area contributed by atoms with Crippen LogP contribution < -0.4 is 4.74 Å². The Hall–Kier alpha value is -1.84. The first kappa shape index (κ1) is 13.6. The highest BCUT2D eigenvalue weighted by atomic mass is 16.5. The van der Waals surface area contributed by atoms with Gasteiger partial charge in [0.05, 0.1) is 0 Å². The minimum atomic E-state index is 0.0417. The van der Waals surface area contributed by atoms with Gasteiger partial charge in [-0.25, -0.2) is 0 Å². The van der Waals surface area contributed by atoms with Crippen LogP contribution in [0.5, 0.6) is 5.75 Å². The van der Waals surface area contributed by atoms with Crippen LogP contribution in [-0.4, -0.2) is 10.1 Å². The fraction of sp³-hybridized carbons (Fsp3) is 0.467. The predicted octanol–water partition coefficient (Wildman–Crippen LogP) is 3.51. The van der Waals surface area contributed by atoms with Crippen molar-refractivity contribution in [2.24, 2.45) is 0 Å². The molecule has 0 fully saturated rings. The van der Waals surface area contributed by atoms with Crippen molar-refractivity contribution in [2.45, 2.75) is 46.1 Å². The first-order chi connectivity index (χ1) is 9.00. The summed E-state index contributed by atoms with van der Waals surface area (Å²) in [6.45, 7) is 8.79. The highest BCUT2D eigenvalue weighted by molar-refractivity contribution is 5.38. The Balaban J connectivity index is 2.11. The number of benzene rings is 1. The lowest BCUT2D eigenvalue weighted by Gasteiger charge is -2.22. The maximum atomic E-state index is 5.81. The van der Waals surface area contributed by atoms with Gasteiger partial charge in [-0.3, -0.25) is 0 Å². The van der Waals surface area contributed by atoms with Crippen LogP contribution in [-0.2, 0) is 18.4 Å². The van der Waals surface area contributed by atoms with E-state index < -0.39 is 0 Å². The van der Waals surface area contributed by atoms with Crippen molar-refractivity contribution in [1.82, 2.24) is 10.1 Å². The maximum Gasteiger partial charge on any atom is 0.264 e. The van der Waals surface area contributed by atoms with Gasteiger partial charge in [-0.2, -0.15) is 4.98 Å². The summed E-state index contributed by atoms with van der Waals surface area (Å²) in [5, 5.41) is 3.85. The third-order valence-corrected chi connectivity index (χ3v) is 2.87. The summed E-state index contributed by atoms with van der Waals surface area (Å²) < 4.78 is 10.9. The summed E-state index contributed by atoms with van der Waals surface area (Å²) in [6.07, 6.45) is 0.766. The van der Waals surface area contributed by atoms with E-state index in [0.29, 0.717) is 18.3 Å². The molecule has 0 spiro atoms. The van der Waals surface area contributed by atoms with E-state index in [0.717, 1.165) is 12.2 Å². The summed E-state index contributed by atoms with van der Waals surface area (Å²) in [6, 6.07) is 8.05. The van der Waals surface area contributed by atoms with E-state index in [1.54, 1.807) is 0 Å². The van der Waals surface area contributed by atoms with Crippen LogP contribution in [0.4, 0.5) is 0 Å². The predicted molar refractivity (Wildman–Crippen MR) is 73.2 cm³/mol. The Morgan fingerprint density at radius 3 is 2.58 bits per heavy atom. The summed E-state index contributed by atoms with van der Waals surface area (Å²) in [7, 11) is 0. The summed E-state index contributed by atoms with van der Waals surface area (Å²) in [5.41, 5.74) is 1.21. The number of rotatable bonds is 4. The number of para-hydroxylation sites is 1. The second-order valence-electron chi connectivity index (χ2n) is 5.49. The molecule has 0 atom stereocenters. The first-order valence-electron chi connectivity index (χ1n) is 6.54. The molecule has 0 N–H and O–H groups in total. The van der Waals surface area contributed by atoms with E-state index in [-0.39, 0.29) is 5.41 Å². The van der Waals surface area contributed by atoms with Crippen molar-refractivity contribution in [3.05, 3.63) is 41.5 Å². The van der Waals surface area contributed by atoms with Gasteiger partial charge in [0, 0.05) is 6.42 Å². The number of ether oxygens (including phenoxy) is 1. The standard InChI is InChI=1S/C15H20N2O2/c1-5-13-16-14(19-17-13)10-18-12-9-7-6-8-11(12)15(2,3)4/h6-9H,5,10H2,1-4H3. The minimum absolute atomic E-state index is 0.0417. The number of aryl methyl sites for hydroxylation is 1.